The summed E-state index contributed by atoms with van der Waals surface area (Å²) in [5.74, 6) is -0.160. The average Bonchev–Trinajstić information content (AvgIpc) is 2.80. The molecule has 0 spiro atoms. The van der Waals surface area contributed by atoms with Crippen molar-refractivity contribution in [2.24, 2.45) is 0 Å². The summed E-state index contributed by atoms with van der Waals surface area (Å²) >= 11 is 0. The number of carbonyl (C=O) groups is 1. The first-order valence-corrected chi connectivity index (χ1v) is 12.3. The van der Waals surface area contributed by atoms with Gasteiger partial charge in [0.15, 0.2) is 5.78 Å². The molecule has 0 atom stereocenters. The maximum Gasteiger partial charge on any atom is 0.244 e. The number of Topliss-reactive ketones (excluding diaryl/α,β-unsaturated/α-hetero) is 1. The Labute approximate surface area is 188 Å². The largest absolute Gasteiger partial charge is 0.496 e. The third-order valence-electron chi connectivity index (χ3n) is 6.12. The maximum atomic E-state index is 13.1. The summed E-state index contributed by atoms with van der Waals surface area (Å²) in [5, 5.41) is 0. The monoisotopic (exact) mass is 461 g/mol. The molecule has 2 aromatic rings. The van der Waals surface area contributed by atoms with Crippen LogP contribution in [0.4, 0.5) is 10.1 Å². The van der Waals surface area contributed by atoms with Crippen molar-refractivity contribution in [3.63, 3.8) is 0 Å². The Hall–Kier alpha value is -2.49. The van der Waals surface area contributed by atoms with E-state index in [0.717, 1.165) is 44.8 Å². The number of halogens is 1. The van der Waals surface area contributed by atoms with Gasteiger partial charge < -0.3 is 9.64 Å². The lowest BCUT2D eigenvalue weighted by Crippen LogP contribution is -2.46. The molecule has 0 amide bonds. The second kappa shape index (κ2) is 9.56. The van der Waals surface area contributed by atoms with Gasteiger partial charge >= 0.3 is 0 Å². The van der Waals surface area contributed by atoms with Gasteiger partial charge in [0.1, 0.15) is 11.6 Å². The van der Waals surface area contributed by atoms with E-state index < -0.39 is 10.0 Å². The molecule has 9 heteroatoms. The minimum atomic E-state index is -3.71. The number of ketones is 1. The topological polar surface area (TPSA) is 70.2 Å². The van der Waals surface area contributed by atoms with Crippen LogP contribution in [0.2, 0.25) is 0 Å². The van der Waals surface area contributed by atoms with Crippen LogP contribution >= 0.6 is 0 Å². The molecule has 4 rings (SSSR count). The molecule has 32 heavy (non-hydrogen) atoms. The second-order valence-electron chi connectivity index (χ2n) is 8.11. The van der Waals surface area contributed by atoms with Gasteiger partial charge in [0.25, 0.3) is 0 Å². The smallest absolute Gasteiger partial charge is 0.244 e. The molecule has 2 aliphatic heterocycles. The van der Waals surface area contributed by atoms with E-state index in [1.54, 1.807) is 24.3 Å². The number of piperazine rings is 1. The van der Waals surface area contributed by atoms with Crippen molar-refractivity contribution in [3.05, 3.63) is 53.8 Å². The highest BCUT2D eigenvalue weighted by molar-refractivity contribution is 7.89. The Morgan fingerprint density at radius 2 is 1.66 bits per heavy atom. The van der Waals surface area contributed by atoms with Gasteiger partial charge in [-0.3, -0.25) is 9.69 Å². The number of rotatable bonds is 7. The molecule has 0 radical (unpaired) electrons. The van der Waals surface area contributed by atoms with E-state index >= 15 is 0 Å². The average molecular weight is 462 g/mol. The summed E-state index contributed by atoms with van der Waals surface area (Å²) in [6.45, 7) is 4.62. The zero-order valence-electron chi connectivity index (χ0n) is 18.2. The Balaban J connectivity index is 1.26. The van der Waals surface area contributed by atoms with Crippen molar-refractivity contribution in [2.75, 3.05) is 57.8 Å². The molecule has 0 aliphatic carbocycles. The maximum absolute atomic E-state index is 13.1. The fourth-order valence-electron chi connectivity index (χ4n) is 4.34. The molecule has 0 bridgehead atoms. The summed E-state index contributed by atoms with van der Waals surface area (Å²) in [4.78, 5) is 17.2. The van der Waals surface area contributed by atoms with Crippen LogP contribution in [0.1, 0.15) is 23.2 Å². The van der Waals surface area contributed by atoms with Gasteiger partial charge in [-0.1, -0.05) is 6.07 Å². The van der Waals surface area contributed by atoms with Gasteiger partial charge in [0.05, 0.1) is 24.1 Å². The first kappa shape index (κ1) is 22.7. The third-order valence-corrected chi connectivity index (χ3v) is 8.01. The molecule has 0 aromatic heterocycles. The number of anilines is 1. The Bertz CT molecular complexity index is 1070. The molecule has 2 aliphatic rings. The molecular formula is C23H28FN3O4S. The number of hydrogen-bond donors (Lipinski definition) is 0. The number of carbonyl (C=O) groups excluding carboxylic acids is 1. The van der Waals surface area contributed by atoms with Crippen LogP contribution in [0.25, 0.3) is 0 Å². The minimum absolute atomic E-state index is 0.0324. The van der Waals surface area contributed by atoms with Gasteiger partial charge in [0, 0.05) is 38.4 Å². The van der Waals surface area contributed by atoms with Crippen molar-refractivity contribution in [2.45, 2.75) is 17.7 Å². The fraction of sp³-hybridized carbons (Fsp3) is 0.435. The van der Waals surface area contributed by atoms with Gasteiger partial charge in [-0.2, -0.15) is 4.31 Å². The van der Waals surface area contributed by atoms with Crippen LogP contribution in [0, 0.1) is 5.82 Å². The molecule has 7 nitrogen and oxygen atoms in total. The van der Waals surface area contributed by atoms with Crippen molar-refractivity contribution >= 4 is 21.5 Å². The SMILES string of the molecule is COc1cccc2c1C(=O)CN(CCCCN1CCN(c3ccc(F)cc3)CC1)S2(=O)=O. The van der Waals surface area contributed by atoms with Crippen LogP contribution in [0.5, 0.6) is 5.75 Å². The number of unbranched alkanes of at least 4 members (excludes halogenated alkanes) is 1. The predicted octanol–water partition coefficient (Wildman–Crippen LogP) is 2.62. The molecule has 0 saturated carbocycles. The zero-order valence-corrected chi connectivity index (χ0v) is 19.0. The Morgan fingerprint density at radius 3 is 2.34 bits per heavy atom. The lowest BCUT2D eigenvalue weighted by Gasteiger charge is -2.36. The number of hydrogen-bond acceptors (Lipinski definition) is 6. The highest BCUT2D eigenvalue weighted by Crippen LogP contribution is 2.32. The lowest BCUT2D eigenvalue weighted by atomic mass is 10.1. The van der Waals surface area contributed by atoms with Gasteiger partial charge in [-0.05, 0) is 55.8 Å². The number of fused-ring (bicyclic) bond motifs is 1. The van der Waals surface area contributed by atoms with Crippen molar-refractivity contribution < 1.29 is 22.3 Å². The fourth-order valence-corrected chi connectivity index (χ4v) is 6.00. The molecule has 0 unspecified atom stereocenters. The molecule has 1 fully saturated rings. The normalized spacial score (nSPS) is 19.1. The quantitative estimate of drug-likeness (QED) is 0.591. The van der Waals surface area contributed by atoms with Crippen molar-refractivity contribution in [1.82, 2.24) is 9.21 Å². The third kappa shape index (κ3) is 4.65. The Morgan fingerprint density at radius 1 is 0.969 bits per heavy atom. The van der Waals surface area contributed by atoms with Crippen LogP contribution in [0.15, 0.2) is 47.4 Å². The minimum Gasteiger partial charge on any atom is -0.496 e. The number of nitrogens with zero attached hydrogens (tertiary/aromatic N) is 3. The number of sulfonamides is 1. The molecular weight excluding hydrogens is 433 g/mol. The number of ether oxygens (including phenoxy) is 1. The van der Waals surface area contributed by atoms with Crippen molar-refractivity contribution in [1.29, 1.82) is 0 Å². The summed E-state index contributed by atoms with van der Waals surface area (Å²) in [6.07, 6.45) is 1.53. The van der Waals surface area contributed by atoms with Gasteiger partial charge in [-0.15, -0.1) is 0 Å². The summed E-state index contributed by atoms with van der Waals surface area (Å²) in [5.41, 5.74) is 1.19. The Kier molecular flexibility index (Phi) is 6.78. The molecule has 0 N–H and O–H groups in total. The van der Waals surface area contributed by atoms with E-state index in [0.29, 0.717) is 18.7 Å². The zero-order chi connectivity index (χ0) is 22.7. The summed E-state index contributed by atoms with van der Waals surface area (Å²) in [6, 6.07) is 11.2. The number of methoxy groups -OCH3 is 1. The second-order valence-corrected chi connectivity index (χ2v) is 10.0. The summed E-state index contributed by atoms with van der Waals surface area (Å²) < 4.78 is 45.5. The molecule has 2 heterocycles. The molecule has 172 valence electrons. The van der Waals surface area contributed by atoms with Gasteiger partial charge in [0.2, 0.25) is 10.0 Å². The van der Waals surface area contributed by atoms with Crippen LogP contribution in [0.3, 0.4) is 0 Å². The van der Waals surface area contributed by atoms with Crippen LogP contribution in [-0.2, 0) is 10.0 Å². The standard InChI is InChI=1S/C23H28FN3O4S/c1-31-21-5-4-6-22-23(21)20(28)17-27(32(22,29)30)12-3-2-11-25-13-15-26(16-14-25)19-9-7-18(24)8-10-19/h4-10H,2-3,11-17H2,1H3. The van der Waals surface area contributed by atoms with Crippen LogP contribution < -0.4 is 9.64 Å². The number of benzene rings is 2. The van der Waals surface area contributed by atoms with E-state index in [-0.39, 0.29) is 28.6 Å². The highest BCUT2D eigenvalue weighted by atomic mass is 32.2. The van der Waals surface area contributed by atoms with E-state index in [1.807, 2.05) is 0 Å². The molecule has 2 aromatic carbocycles. The molecule has 1 saturated heterocycles. The van der Waals surface area contributed by atoms with Crippen LogP contribution in [-0.4, -0.2) is 76.3 Å². The predicted molar refractivity (Wildman–Crippen MR) is 120 cm³/mol. The van der Waals surface area contributed by atoms with E-state index in [2.05, 4.69) is 9.80 Å². The van der Waals surface area contributed by atoms with E-state index in [9.17, 15) is 17.6 Å². The van der Waals surface area contributed by atoms with Gasteiger partial charge in [-0.25, -0.2) is 12.8 Å². The highest BCUT2D eigenvalue weighted by Gasteiger charge is 2.37. The summed E-state index contributed by atoms with van der Waals surface area (Å²) in [7, 11) is -2.28. The van der Waals surface area contributed by atoms with E-state index in [1.165, 1.54) is 29.6 Å². The van der Waals surface area contributed by atoms with Crippen molar-refractivity contribution in [3.8, 4) is 5.75 Å². The first-order valence-electron chi connectivity index (χ1n) is 10.8. The van der Waals surface area contributed by atoms with E-state index in [4.69, 9.17) is 4.74 Å². The lowest BCUT2D eigenvalue weighted by molar-refractivity contribution is 0.0951. The first-order chi connectivity index (χ1) is 15.4.